The van der Waals surface area contributed by atoms with E-state index in [0.717, 1.165) is 11.3 Å². The Morgan fingerprint density at radius 3 is 2.36 bits per heavy atom. The van der Waals surface area contributed by atoms with E-state index in [0.29, 0.717) is 45.2 Å². The maximum absolute atomic E-state index is 13.6. The van der Waals surface area contributed by atoms with Crippen molar-refractivity contribution in [3.05, 3.63) is 92.9 Å². The lowest BCUT2D eigenvalue weighted by Gasteiger charge is -2.42. The predicted octanol–water partition coefficient (Wildman–Crippen LogP) is 6.02. The fraction of sp³-hybridized carbons (Fsp3) is 0.208. The highest BCUT2D eigenvalue weighted by atomic mass is 35.5. The number of benzene rings is 3. The molecule has 0 radical (unpaired) electrons. The van der Waals surface area contributed by atoms with E-state index in [2.05, 4.69) is 4.90 Å². The van der Waals surface area contributed by atoms with E-state index in [1.165, 1.54) is 7.11 Å². The van der Waals surface area contributed by atoms with E-state index in [-0.39, 0.29) is 6.04 Å². The number of methoxy groups -OCH3 is 1. The Labute approximate surface area is 210 Å². The molecule has 0 saturated carbocycles. The SMILES string of the molecule is COC(=O)c1ccccc1S(=O)N1CCN(c2ccc(Cl)cc2Cl)C(c2ccc(Cl)cc2)C1. The monoisotopic (exact) mass is 522 g/mol. The van der Waals surface area contributed by atoms with Crippen molar-refractivity contribution >= 4 is 57.4 Å². The topological polar surface area (TPSA) is 49.9 Å². The van der Waals surface area contributed by atoms with Crippen LogP contribution >= 0.6 is 34.8 Å². The molecule has 3 aromatic rings. The van der Waals surface area contributed by atoms with Gasteiger partial charge in [0.1, 0.15) is 11.0 Å². The van der Waals surface area contributed by atoms with Crippen LogP contribution in [0.15, 0.2) is 71.6 Å². The first-order valence-electron chi connectivity index (χ1n) is 10.2. The molecular formula is C24H21Cl3N2O3S. The summed E-state index contributed by atoms with van der Waals surface area (Å²) in [5.74, 6) is -0.514. The molecule has 0 N–H and O–H groups in total. The molecule has 2 unspecified atom stereocenters. The highest BCUT2D eigenvalue weighted by Crippen LogP contribution is 2.37. The molecule has 0 spiro atoms. The largest absolute Gasteiger partial charge is 0.465 e. The van der Waals surface area contributed by atoms with E-state index in [1.807, 2.05) is 34.6 Å². The second kappa shape index (κ2) is 10.5. The summed E-state index contributed by atoms with van der Waals surface area (Å²) < 4.78 is 20.3. The molecular weight excluding hydrogens is 503 g/mol. The molecule has 1 aliphatic rings. The second-order valence-corrected chi connectivity index (χ2v) is 10.2. The Morgan fingerprint density at radius 2 is 1.67 bits per heavy atom. The van der Waals surface area contributed by atoms with Crippen LogP contribution in [0.4, 0.5) is 5.69 Å². The van der Waals surface area contributed by atoms with Crippen LogP contribution in [0.2, 0.25) is 15.1 Å². The number of carbonyl (C=O) groups excluding carboxylic acids is 1. The highest BCUT2D eigenvalue weighted by Gasteiger charge is 2.33. The van der Waals surface area contributed by atoms with Gasteiger partial charge in [0.05, 0.1) is 34.3 Å². The minimum atomic E-state index is -1.56. The molecule has 0 aromatic heterocycles. The molecule has 1 heterocycles. The van der Waals surface area contributed by atoms with Crippen LogP contribution in [0.3, 0.4) is 0 Å². The minimum absolute atomic E-state index is 0.149. The molecule has 0 amide bonds. The molecule has 0 aliphatic carbocycles. The van der Waals surface area contributed by atoms with Gasteiger partial charge in [0.2, 0.25) is 0 Å². The number of carbonyl (C=O) groups is 1. The molecule has 3 aromatic carbocycles. The highest BCUT2D eigenvalue weighted by molar-refractivity contribution is 7.82. The first kappa shape index (κ1) is 24.0. The van der Waals surface area contributed by atoms with Gasteiger partial charge in [0.15, 0.2) is 0 Å². The van der Waals surface area contributed by atoms with Gasteiger partial charge in [-0.1, -0.05) is 59.1 Å². The lowest BCUT2D eigenvalue weighted by molar-refractivity contribution is 0.0596. The number of halogens is 3. The molecule has 1 saturated heterocycles. The van der Waals surface area contributed by atoms with Crippen molar-refractivity contribution < 1.29 is 13.7 Å². The minimum Gasteiger partial charge on any atom is -0.465 e. The summed E-state index contributed by atoms with van der Waals surface area (Å²) in [5.41, 5.74) is 2.15. The molecule has 1 fully saturated rings. The Bertz CT molecular complexity index is 1190. The molecule has 33 heavy (non-hydrogen) atoms. The summed E-state index contributed by atoms with van der Waals surface area (Å²) in [7, 11) is -0.244. The van der Waals surface area contributed by atoms with Crippen molar-refractivity contribution in [2.24, 2.45) is 0 Å². The summed E-state index contributed by atoms with van der Waals surface area (Å²) >= 11 is 18.8. The maximum atomic E-state index is 13.6. The molecule has 0 bridgehead atoms. The summed E-state index contributed by atoms with van der Waals surface area (Å²) in [5, 5.41) is 1.75. The molecule has 9 heteroatoms. The number of esters is 1. The third-order valence-electron chi connectivity index (χ3n) is 5.53. The van der Waals surface area contributed by atoms with Gasteiger partial charge in [0, 0.05) is 29.7 Å². The second-order valence-electron chi connectivity index (χ2n) is 7.48. The number of rotatable bonds is 5. The van der Waals surface area contributed by atoms with Gasteiger partial charge in [-0.25, -0.2) is 13.3 Å². The van der Waals surface area contributed by atoms with Crippen molar-refractivity contribution in [2.45, 2.75) is 10.9 Å². The van der Waals surface area contributed by atoms with Crippen molar-refractivity contribution in [3.63, 3.8) is 0 Å². The number of ether oxygens (including phenoxy) is 1. The zero-order chi connectivity index (χ0) is 23.5. The molecule has 1 aliphatic heterocycles. The maximum Gasteiger partial charge on any atom is 0.339 e. The number of hydrogen-bond donors (Lipinski definition) is 0. The number of hydrogen-bond acceptors (Lipinski definition) is 4. The van der Waals surface area contributed by atoms with E-state index >= 15 is 0 Å². The molecule has 172 valence electrons. The van der Waals surface area contributed by atoms with E-state index in [4.69, 9.17) is 39.5 Å². The van der Waals surface area contributed by atoms with Crippen molar-refractivity contribution in [1.29, 1.82) is 0 Å². The molecule has 5 nitrogen and oxygen atoms in total. The van der Waals surface area contributed by atoms with Gasteiger partial charge in [-0.2, -0.15) is 0 Å². The van der Waals surface area contributed by atoms with Crippen molar-refractivity contribution in [1.82, 2.24) is 4.31 Å². The zero-order valence-electron chi connectivity index (χ0n) is 17.7. The predicted molar refractivity (Wildman–Crippen MR) is 134 cm³/mol. The summed E-state index contributed by atoms with van der Waals surface area (Å²) in [6.07, 6.45) is 0. The van der Waals surface area contributed by atoms with Gasteiger partial charge >= 0.3 is 5.97 Å². The smallest absolute Gasteiger partial charge is 0.339 e. The average molecular weight is 524 g/mol. The van der Waals surface area contributed by atoms with Crippen LogP contribution in [0, 0.1) is 0 Å². The Balaban J connectivity index is 1.69. The lowest BCUT2D eigenvalue weighted by atomic mass is 10.0. The first-order chi connectivity index (χ1) is 15.9. The number of nitrogens with zero attached hydrogens (tertiary/aromatic N) is 2. The fourth-order valence-corrected chi connectivity index (χ4v) is 5.90. The van der Waals surface area contributed by atoms with Gasteiger partial charge in [-0.15, -0.1) is 0 Å². The average Bonchev–Trinajstić information content (AvgIpc) is 2.83. The molecule has 4 rings (SSSR count). The zero-order valence-corrected chi connectivity index (χ0v) is 20.8. The third-order valence-corrected chi connectivity index (χ3v) is 7.85. The fourth-order valence-electron chi connectivity index (χ4n) is 3.92. The van der Waals surface area contributed by atoms with Crippen molar-refractivity contribution in [3.8, 4) is 0 Å². The van der Waals surface area contributed by atoms with Gasteiger partial charge in [-0.05, 0) is 48.0 Å². The molecule has 2 atom stereocenters. The first-order valence-corrected chi connectivity index (χ1v) is 12.4. The van der Waals surface area contributed by atoms with Crippen LogP contribution in [-0.4, -0.2) is 41.2 Å². The Kier molecular flexibility index (Phi) is 7.62. The van der Waals surface area contributed by atoms with Crippen molar-refractivity contribution in [2.75, 3.05) is 31.6 Å². The Morgan fingerprint density at radius 1 is 0.970 bits per heavy atom. The summed E-state index contributed by atoms with van der Waals surface area (Å²) in [6, 6.07) is 19.7. The van der Waals surface area contributed by atoms with Gasteiger partial charge in [-0.3, -0.25) is 0 Å². The third kappa shape index (κ3) is 5.20. The van der Waals surface area contributed by atoms with Crippen LogP contribution in [0.25, 0.3) is 0 Å². The van der Waals surface area contributed by atoms with E-state index < -0.39 is 17.0 Å². The van der Waals surface area contributed by atoms with Crippen LogP contribution in [0.1, 0.15) is 22.0 Å². The normalized spacial score (nSPS) is 17.6. The summed E-state index contributed by atoms with van der Waals surface area (Å²) in [6.45, 7) is 1.52. The number of piperazine rings is 1. The van der Waals surface area contributed by atoms with Crippen LogP contribution < -0.4 is 4.90 Å². The van der Waals surface area contributed by atoms with Gasteiger partial charge in [0.25, 0.3) is 0 Å². The van der Waals surface area contributed by atoms with E-state index in [1.54, 1.807) is 36.4 Å². The standard InChI is InChI=1S/C24H21Cl3N2O3S/c1-32-24(30)19-4-2-3-5-23(19)33(31)28-12-13-29(21-11-10-18(26)14-20(21)27)22(15-28)16-6-8-17(25)9-7-16/h2-11,14,22H,12-13,15H2,1H3. The van der Waals surface area contributed by atoms with Crippen LogP contribution in [0.5, 0.6) is 0 Å². The number of anilines is 1. The Hall–Kier alpha value is -2.09. The van der Waals surface area contributed by atoms with E-state index in [9.17, 15) is 9.00 Å². The lowest BCUT2D eigenvalue weighted by Crippen LogP contribution is -2.49. The van der Waals surface area contributed by atoms with Gasteiger partial charge < -0.3 is 9.64 Å². The summed E-state index contributed by atoms with van der Waals surface area (Å²) in [4.78, 5) is 14.8. The quantitative estimate of drug-likeness (QED) is 0.384. The van der Waals surface area contributed by atoms with Crippen LogP contribution in [-0.2, 0) is 15.7 Å².